The van der Waals surface area contributed by atoms with Crippen LogP contribution < -0.4 is 0 Å². The van der Waals surface area contributed by atoms with Crippen molar-refractivity contribution in [1.29, 1.82) is 5.26 Å². The van der Waals surface area contributed by atoms with Gasteiger partial charge in [0.05, 0.1) is 11.8 Å². The van der Waals surface area contributed by atoms with Crippen LogP contribution in [0.3, 0.4) is 0 Å². The van der Waals surface area contributed by atoms with Gasteiger partial charge in [0.2, 0.25) is 0 Å². The first-order chi connectivity index (χ1) is 7.24. The first kappa shape index (κ1) is 11.6. The number of carboxylic acid groups (broad SMARTS) is 1. The molecule has 1 atom stereocenters. The fraction of sp³-hybridized carbons (Fsp3) is 0.273. The number of nitrogens with zero attached hydrogens (tertiary/aromatic N) is 1. The van der Waals surface area contributed by atoms with Crippen LogP contribution in [0.4, 0.5) is 0 Å². The van der Waals surface area contributed by atoms with Crippen molar-refractivity contribution in [2.45, 2.75) is 11.7 Å². The van der Waals surface area contributed by atoms with Gasteiger partial charge in [0.1, 0.15) is 5.25 Å². The average Bonchev–Trinajstić information content (AvgIpc) is 2.25. The molecule has 1 aromatic rings. The highest BCUT2D eigenvalue weighted by molar-refractivity contribution is 8.00. The average molecular weight is 221 g/mol. The Bertz CT molecular complexity index is 359. The van der Waals surface area contributed by atoms with Crippen molar-refractivity contribution in [3.05, 3.63) is 35.9 Å². The largest absolute Gasteiger partial charge is 0.480 e. The first-order valence-corrected chi connectivity index (χ1v) is 5.54. The van der Waals surface area contributed by atoms with Gasteiger partial charge < -0.3 is 5.11 Å². The Labute approximate surface area is 92.7 Å². The van der Waals surface area contributed by atoms with Crippen LogP contribution in [0.2, 0.25) is 0 Å². The van der Waals surface area contributed by atoms with Crippen LogP contribution in [0.1, 0.15) is 5.56 Å². The van der Waals surface area contributed by atoms with Crippen molar-refractivity contribution in [3.8, 4) is 6.07 Å². The van der Waals surface area contributed by atoms with Crippen molar-refractivity contribution in [3.63, 3.8) is 0 Å². The zero-order chi connectivity index (χ0) is 11.1. The molecule has 0 aromatic heterocycles. The molecule has 4 heteroatoms. The lowest BCUT2D eigenvalue weighted by molar-refractivity contribution is -0.136. The second kappa shape index (κ2) is 6.10. The van der Waals surface area contributed by atoms with E-state index in [9.17, 15) is 4.79 Å². The Hall–Kier alpha value is -1.47. The summed E-state index contributed by atoms with van der Waals surface area (Å²) in [6.07, 6.45) is 0.461. The molecule has 0 aliphatic rings. The van der Waals surface area contributed by atoms with E-state index in [4.69, 9.17) is 10.4 Å². The number of nitriles is 1. The minimum absolute atomic E-state index is 0.212. The summed E-state index contributed by atoms with van der Waals surface area (Å²) in [5, 5.41) is 16.8. The van der Waals surface area contributed by atoms with Crippen molar-refractivity contribution in [2.24, 2.45) is 0 Å². The van der Waals surface area contributed by atoms with Crippen LogP contribution in [0.15, 0.2) is 30.3 Å². The molecular weight excluding hydrogens is 210 g/mol. The van der Waals surface area contributed by atoms with Crippen molar-refractivity contribution >= 4 is 17.7 Å². The summed E-state index contributed by atoms with van der Waals surface area (Å²) in [6, 6.07) is 11.4. The van der Waals surface area contributed by atoms with Gasteiger partial charge in [-0.1, -0.05) is 30.3 Å². The van der Waals surface area contributed by atoms with Gasteiger partial charge in [-0.3, -0.25) is 4.79 Å². The van der Waals surface area contributed by atoms with Gasteiger partial charge in [0, 0.05) is 0 Å². The predicted octanol–water partition coefficient (Wildman–Crippen LogP) is 1.94. The Kier molecular flexibility index (Phi) is 4.72. The molecule has 0 aliphatic carbocycles. The molecule has 0 aliphatic heterocycles. The molecule has 1 unspecified atom stereocenters. The second-order valence-corrected chi connectivity index (χ2v) is 4.18. The summed E-state index contributed by atoms with van der Waals surface area (Å²) >= 11 is 1.16. The number of thioether (sulfide) groups is 1. The summed E-state index contributed by atoms with van der Waals surface area (Å²) in [6.45, 7) is 0. The first-order valence-electron chi connectivity index (χ1n) is 4.49. The van der Waals surface area contributed by atoms with Crippen LogP contribution in [0.25, 0.3) is 0 Å². The van der Waals surface area contributed by atoms with E-state index >= 15 is 0 Å². The van der Waals surface area contributed by atoms with E-state index < -0.39 is 11.2 Å². The summed E-state index contributed by atoms with van der Waals surface area (Å²) in [5.41, 5.74) is 0.982. The topological polar surface area (TPSA) is 61.1 Å². The maximum absolute atomic E-state index is 10.9. The number of rotatable bonds is 5. The van der Waals surface area contributed by atoms with Crippen molar-refractivity contribution in [1.82, 2.24) is 0 Å². The van der Waals surface area contributed by atoms with Gasteiger partial charge in [-0.2, -0.15) is 5.26 Å². The highest BCUT2D eigenvalue weighted by Gasteiger charge is 2.17. The van der Waals surface area contributed by atoms with Gasteiger partial charge >= 0.3 is 5.97 Å². The van der Waals surface area contributed by atoms with E-state index in [1.54, 1.807) is 0 Å². The van der Waals surface area contributed by atoms with E-state index in [1.165, 1.54) is 0 Å². The van der Waals surface area contributed by atoms with Crippen LogP contribution in [-0.2, 0) is 11.2 Å². The number of carboxylic acids is 1. The Balaban J connectivity index is 2.60. The van der Waals surface area contributed by atoms with Crippen LogP contribution in [0.5, 0.6) is 0 Å². The minimum atomic E-state index is -0.862. The highest BCUT2D eigenvalue weighted by atomic mass is 32.2. The van der Waals surface area contributed by atoms with Crippen molar-refractivity contribution < 1.29 is 9.90 Å². The summed E-state index contributed by atoms with van der Waals surface area (Å²) in [4.78, 5) is 10.9. The van der Waals surface area contributed by atoms with E-state index in [0.717, 1.165) is 17.3 Å². The number of hydrogen-bond donors (Lipinski definition) is 1. The molecule has 0 fully saturated rings. The molecule has 0 heterocycles. The SMILES string of the molecule is N#CCSC(Cc1ccccc1)C(=O)O. The molecule has 15 heavy (non-hydrogen) atoms. The number of benzene rings is 1. The zero-order valence-corrected chi connectivity index (χ0v) is 8.91. The lowest BCUT2D eigenvalue weighted by Gasteiger charge is -2.09. The molecular formula is C11H11NO2S. The van der Waals surface area contributed by atoms with E-state index in [0.29, 0.717) is 6.42 Å². The van der Waals surface area contributed by atoms with E-state index in [-0.39, 0.29) is 5.75 Å². The third-order valence-electron chi connectivity index (χ3n) is 1.89. The maximum Gasteiger partial charge on any atom is 0.316 e. The van der Waals surface area contributed by atoms with Gasteiger partial charge in [0.15, 0.2) is 0 Å². The summed E-state index contributed by atoms with van der Waals surface area (Å²) < 4.78 is 0. The molecule has 0 spiro atoms. The molecule has 0 bridgehead atoms. The highest BCUT2D eigenvalue weighted by Crippen LogP contribution is 2.16. The van der Waals surface area contributed by atoms with Crippen LogP contribution in [0, 0.1) is 11.3 Å². The normalized spacial score (nSPS) is 11.7. The molecule has 0 saturated carbocycles. The fourth-order valence-corrected chi connectivity index (χ4v) is 1.91. The number of carbonyl (C=O) groups is 1. The van der Waals surface area contributed by atoms with E-state index in [2.05, 4.69) is 0 Å². The maximum atomic E-state index is 10.9. The van der Waals surface area contributed by atoms with Crippen molar-refractivity contribution in [2.75, 3.05) is 5.75 Å². The predicted molar refractivity (Wildman–Crippen MR) is 59.6 cm³/mol. The zero-order valence-electron chi connectivity index (χ0n) is 8.09. The molecule has 0 amide bonds. The number of aliphatic carboxylic acids is 1. The van der Waals surface area contributed by atoms with Crippen LogP contribution in [-0.4, -0.2) is 22.1 Å². The molecule has 0 radical (unpaired) electrons. The van der Waals surface area contributed by atoms with E-state index in [1.807, 2.05) is 36.4 Å². The second-order valence-electron chi connectivity index (χ2n) is 2.99. The molecule has 78 valence electrons. The molecule has 1 rings (SSSR count). The van der Waals surface area contributed by atoms with Crippen LogP contribution >= 0.6 is 11.8 Å². The monoisotopic (exact) mass is 221 g/mol. The molecule has 0 saturated heterocycles. The number of hydrogen-bond acceptors (Lipinski definition) is 3. The lowest BCUT2D eigenvalue weighted by Crippen LogP contribution is -2.19. The molecule has 1 N–H and O–H groups in total. The summed E-state index contributed by atoms with van der Waals surface area (Å²) in [5.74, 6) is -0.650. The minimum Gasteiger partial charge on any atom is -0.480 e. The van der Waals surface area contributed by atoms with Gasteiger partial charge in [-0.25, -0.2) is 0 Å². The quantitative estimate of drug-likeness (QED) is 0.825. The fourth-order valence-electron chi connectivity index (χ4n) is 1.18. The standard InChI is InChI=1S/C11H11NO2S/c12-6-7-15-10(11(13)14)8-9-4-2-1-3-5-9/h1-5,10H,7-8H2,(H,13,14). The van der Waals surface area contributed by atoms with Gasteiger partial charge in [-0.05, 0) is 12.0 Å². The smallest absolute Gasteiger partial charge is 0.316 e. The molecule has 3 nitrogen and oxygen atoms in total. The lowest BCUT2D eigenvalue weighted by atomic mass is 10.1. The molecule has 1 aromatic carbocycles. The third-order valence-corrected chi connectivity index (χ3v) is 2.95. The Morgan fingerprint density at radius 3 is 2.67 bits per heavy atom. The Morgan fingerprint density at radius 2 is 2.13 bits per heavy atom. The van der Waals surface area contributed by atoms with Gasteiger partial charge in [0.25, 0.3) is 0 Å². The summed E-state index contributed by atoms with van der Waals surface area (Å²) in [7, 11) is 0. The Morgan fingerprint density at radius 1 is 1.47 bits per heavy atom. The third kappa shape index (κ3) is 4.05. The van der Waals surface area contributed by atoms with Gasteiger partial charge in [-0.15, -0.1) is 11.8 Å².